The number of unbranched alkanes of at least 4 members (excludes halogenated alkanes) is 1. The Hall–Kier alpha value is -0.340. The molecule has 0 fully saturated rings. The van der Waals surface area contributed by atoms with E-state index < -0.39 is 0 Å². The summed E-state index contributed by atoms with van der Waals surface area (Å²) in [5.41, 5.74) is 5.64. The maximum absolute atomic E-state index is 5.64. The molecule has 2 nitrogen and oxygen atoms in total. The van der Waals surface area contributed by atoms with E-state index in [0.29, 0.717) is 5.92 Å². The van der Waals surface area contributed by atoms with Gasteiger partial charge in [0.05, 0.1) is 0 Å². The second-order valence-corrected chi connectivity index (χ2v) is 3.21. The maximum atomic E-state index is 5.64. The van der Waals surface area contributed by atoms with Crippen LogP contribution in [0, 0.1) is 5.92 Å². The fourth-order valence-electron chi connectivity index (χ4n) is 1.28. The number of hydrogen-bond acceptors (Lipinski definition) is 2. The molecule has 0 aliphatic carbocycles. The molecule has 0 aromatic rings. The molecule has 0 aromatic carbocycles. The van der Waals surface area contributed by atoms with Crippen molar-refractivity contribution in [2.24, 2.45) is 11.7 Å². The molecule has 0 bridgehead atoms. The summed E-state index contributed by atoms with van der Waals surface area (Å²) >= 11 is 0. The fraction of sp³-hybridized carbons (Fsp3) is 0.800. The fourth-order valence-corrected chi connectivity index (χ4v) is 1.28. The van der Waals surface area contributed by atoms with Crippen LogP contribution < -0.4 is 11.1 Å². The minimum Gasteiger partial charge on any atom is -0.330 e. The second kappa shape index (κ2) is 8.75. The molecule has 0 rings (SSSR count). The Morgan fingerprint density at radius 1 is 1.50 bits per heavy atom. The van der Waals surface area contributed by atoms with Crippen LogP contribution in [0.2, 0.25) is 0 Å². The third-order valence-electron chi connectivity index (χ3n) is 2.16. The number of nitrogens with one attached hydrogen (secondary N) is 1. The van der Waals surface area contributed by atoms with E-state index in [1.807, 2.05) is 13.1 Å². The summed E-state index contributed by atoms with van der Waals surface area (Å²) in [5, 5.41) is 3.15. The SMILES string of the molecule is C=CCCCC(CN)CCNC. The van der Waals surface area contributed by atoms with Gasteiger partial charge in [0.25, 0.3) is 0 Å². The van der Waals surface area contributed by atoms with E-state index in [1.165, 1.54) is 19.3 Å². The van der Waals surface area contributed by atoms with Gasteiger partial charge < -0.3 is 11.1 Å². The smallest absolute Gasteiger partial charge is 0.00484 e. The second-order valence-electron chi connectivity index (χ2n) is 3.21. The van der Waals surface area contributed by atoms with E-state index in [0.717, 1.165) is 19.5 Å². The highest BCUT2D eigenvalue weighted by atomic mass is 14.8. The highest BCUT2D eigenvalue weighted by Crippen LogP contribution is 2.10. The van der Waals surface area contributed by atoms with Gasteiger partial charge in [0.15, 0.2) is 0 Å². The van der Waals surface area contributed by atoms with Gasteiger partial charge in [-0.3, -0.25) is 0 Å². The number of allylic oxidation sites excluding steroid dienone is 1. The van der Waals surface area contributed by atoms with Gasteiger partial charge in [-0.05, 0) is 51.7 Å². The molecule has 0 aliphatic rings. The van der Waals surface area contributed by atoms with Gasteiger partial charge in [0.2, 0.25) is 0 Å². The Kier molecular flexibility index (Phi) is 8.51. The third-order valence-corrected chi connectivity index (χ3v) is 2.16. The lowest BCUT2D eigenvalue weighted by Crippen LogP contribution is -2.19. The van der Waals surface area contributed by atoms with Crippen molar-refractivity contribution in [2.75, 3.05) is 20.1 Å². The molecule has 0 heterocycles. The van der Waals surface area contributed by atoms with Crippen LogP contribution in [0.25, 0.3) is 0 Å². The Balaban J connectivity index is 3.32. The topological polar surface area (TPSA) is 38.0 Å². The van der Waals surface area contributed by atoms with E-state index in [9.17, 15) is 0 Å². The zero-order valence-corrected chi connectivity index (χ0v) is 8.18. The van der Waals surface area contributed by atoms with Crippen molar-refractivity contribution >= 4 is 0 Å². The van der Waals surface area contributed by atoms with Gasteiger partial charge in [-0.2, -0.15) is 0 Å². The molecule has 1 unspecified atom stereocenters. The molecular weight excluding hydrogens is 148 g/mol. The number of rotatable bonds is 8. The van der Waals surface area contributed by atoms with Crippen molar-refractivity contribution in [1.29, 1.82) is 0 Å². The molecule has 0 radical (unpaired) electrons. The van der Waals surface area contributed by atoms with Crippen molar-refractivity contribution in [3.8, 4) is 0 Å². The maximum Gasteiger partial charge on any atom is -0.00484 e. The summed E-state index contributed by atoms with van der Waals surface area (Å²) in [6.07, 6.45) is 6.77. The standard InChI is InChI=1S/C10H22N2/c1-3-4-5-6-10(9-11)7-8-12-2/h3,10,12H,1,4-9,11H2,2H3. The molecule has 0 amide bonds. The summed E-state index contributed by atoms with van der Waals surface area (Å²) in [6, 6.07) is 0. The molecule has 0 aliphatic heterocycles. The normalized spacial score (nSPS) is 12.8. The average molecular weight is 170 g/mol. The van der Waals surface area contributed by atoms with E-state index in [-0.39, 0.29) is 0 Å². The van der Waals surface area contributed by atoms with Crippen molar-refractivity contribution in [3.63, 3.8) is 0 Å². The third kappa shape index (κ3) is 6.38. The van der Waals surface area contributed by atoms with E-state index >= 15 is 0 Å². The van der Waals surface area contributed by atoms with Crippen LogP contribution in [-0.2, 0) is 0 Å². The molecule has 1 atom stereocenters. The zero-order valence-electron chi connectivity index (χ0n) is 8.18. The van der Waals surface area contributed by atoms with E-state index in [4.69, 9.17) is 5.73 Å². The highest BCUT2D eigenvalue weighted by molar-refractivity contribution is 4.68. The molecule has 2 heteroatoms. The summed E-state index contributed by atoms with van der Waals surface area (Å²) < 4.78 is 0. The first-order chi connectivity index (χ1) is 5.85. The van der Waals surface area contributed by atoms with Crippen LogP contribution >= 0.6 is 0 Å². The van der Waals surface area contributed by atoms with Gasteiger partial charge in [0, 0.05) is 0 Å². The first-order valence-corrected chi connectivity index (χ1v) is 4.80. The van der Waals surface area contributed by atoms with Gasteiger partial charge >= 0.3 is 0 Å². The first kappa shape index (κ1) is 11.7. The molecular formula is C10H22N2. The Labute approximate surface area is 76.2 Å². The Morgan fingerprint density at radius 2 is 2.25 bits per heavy atom. The van der Waals surface area contributed by atoms with Crippen LogP contribution in [0.1, 0.15) is 25.7 Å². The van der Waals surface area contributed by atoms with E-state index in [2.05, 4.69) is 11.9 Å². The van der Waals surface area contributed by atoms with Crippen LogP contribution in [0.4, 0.5) is 0 Å². The lowest BCUT2D eigenvalue weighted by atomic mass is 9.98. The lowest BCUT2D eigenvalue weighted by Gasteiger charge is -2.13. The summed E-state index contributed by atoms with van der Waals surface area (Å²) in [6.45, 7) is 5.60. The summed E-state index contributed by atoms with van der Waals surface area (Å²) in [7, 11) is 1.98. The summed E-state index contributed by atoms with van der Waals surface area (Å²) in [5.74, 6) is 0.692. The zero-order chi connectivity index (χ0) is 9.23. The largest absolute Gasteiger partial charge is 0.330 e. The lowest BCUT2D eigenvalue weighted by molar-refractivity contribution is 0.441. The predicted octanol–water partition coefficient (Wildman–Crippen LogP) is 1.53. The van der Waals surface area contributed by atoms with Gasteiger partial charge in [-0.15, -0.1) is 6.58 Å². The number of hydrogen-bond donors (Lipinski definition) is 2. The predicted molar refractivity (Wildman–Crippen MR) is 55.1 cm³/mol. The Bertz CT molecular complexity index is 102. The highest BCUT2D eigenvalue weighted by Gasteiger charge is 2.04. The molecule has 0 saturated heterocycles. The first-order valence-electron chi connectivity index (χ1n) is 4.80. The van der Waals surface area contributed by atoms with E-state index in [1.54, 1.807) is 0 Å². The summed E-state index contributed by atoms with van der Waals surface area (Å²) in [4.78, 5) is 0. The van der Waals surface area contributed by atoms with Crippen molar-refractivity contribution < 1.29 is 0 Å². The van der Waals surface area contributed by atoms with Crippen LogP contribution in [0.15, 0.2) is 12.7 Å². The van der Waals surface area contributed by atoms with Gasteiger partial charge in [-0.1, -0.05) is 6.08 Å². The molecule has 0 spiro atoms. The van der Waals surface area contributed by atoms with Crippen molar-refractivity contribution in [2.45, 2.75) is 25.7 Å². The molecule has 0 aromatic heterocycles. The van der Waals surface area contributed by atoms with Gasteiger partial charge in [-0.25, -0.2) is 0 Å². The minimum atomic E-state index is 0.692. The van der Waals surface area contributed by atoms with Crippen LogP contribution in [-0.4, -0.2) is 20.1 Å². The van der Waals surface area contributed by atoms with Crippen molar-refractivity contribution in [3.05, 3.63) is 12.7 Å². The average Bonchev–Trinajstić information content (AvgIpc) is 2.11. The number of nitrogens with two attached hydrogens (primary N) is 1. The van der Waals surface area contributed by atoms with Crippen LogP contribution in [0.3, 0.4) is 0 Å². The quantitative estimate of drug-likeness (QED) is 0.428. The van der Waals surface area contributed by atoms with Crippen LogP contribution in [0.5, 0.6) is 0 Å². The molecule has 72 valence electrons. The molecule has 0 saturated carbocycles. The minimum absolute atomic E-state index is 0.692. The molecule has 12 heavy (non-hydrogen) atoms. The van der Waals surface area contributed by atoms with Crippen molar-refractivity contribution in [1.82, 2.24) is 5.32 Å². The monoisotopic (exact) mass is 170 g/mol. The van der Waals surface area contributed by atoms with Gasteiger partial charge in [0.1, 0.15) is 0 Å². The Morgan fingerprint density at radius 3 is 2.75 bits per heavy atom. The molecule has 3 N–H and O–H groups in total.